The standard InChI is InChI=1S/C7H6NO3S.3C4H9.Sn/c1-12(11)7-4-2-6(3-5-7)8(9)10;3*1-3-4-2;/h2-5H,1H2;3*1,3-4H2,2H3;. The van der Waals surface area contributed by atoms with Crippen molar-refractivity contribution in [2.24, 2.45) is 0 Å². The molecule has 4 nitrogen and oxygen atoms in total. The first kappa shape index (κ1) is 22.6. The van der Waals surface area contributed by atoms with Gasteiger partial charge >= 0.3 is 160 Å². The Balaban J connectivity index is 2.95. The Morgan fingerprint density at radius 1 is 0.920 bits per heavy atom. The first-order valence-electron chi connectivity index (χ1n) is 9.61. The summed E-state index contributed by atoms with van der Waals surface area (Å²) in [5.74, 6) is 0. The fourth-order valence-corrected chi connectivity index (χ4v) is 26.4. The average molecular weight is 474 g/mol. The molecule has 1 aromatic carbocycles. The van der Waals surface area contributed by atoms with E-state index < -0.39 is 34.1 Å². The van der Waals surface area contributed by atoms with Crippen LogP contribution in [0.4, 0.5) is 5.69 Å². The van der Waals surface area contributed by atoms with Gasteiger partial charge in [0.15, 0.2) is 0 Å². The Morgan fingerprint density at radius 2 is 1.36 bits per heavy atom. The van der Waals surface area contributed by atoms with Crippen molar-refractivity contribution in [3.05, 3.63) is 34.4 Å². The molecule has 6 heteroatoms. The summed E-state index contributed by atoms with van der Waals surface area (Å²) in [6.45, 7) is 6.72. The fraction of sp³-hybridized carbons (Fsp3) is 0.684. The normalized spacial score (nSPS) is 12.9. The molecule has 0 aliphatic heterocycles. The fourth-order valence-electron chi connectivity index (χ4n) is 3.33. The number of non-ortho nitro benzene ring substituents is 1. The third kappa shape index (κ3) is 7.77. The van der Waals surface area contributed by atoms with Gasteiger partial charge in [0.25, 0.3) is 0 Å². The number of nitro groups is 1. The Labute approximate surface area is 159 Å². The first-order chi connectivity index (χ1) is 12.0. The molecule has 0 spiro atoms. The topological polar surface area (TPSA) is 60.2 Å². The van der Waals surface area contributed by atoms with Crippen LogP contribution in [0.3, 0.4) is 0 Å². The number of nitrogens with zero attached hydrogens (tertiary/aromatic N) is 1. The zero-order chi connectivity index (χ0) is 18.7. The van der Waals surface area contributed by atoms with Gasteiger partial charge in [-0.1, -0.05) is 0 Å². The molecule has 0 aliphatic rings. The van der Waals surface area contributed by atoms with E-state index in [1.54, 1.807) is 12.1 Å². The molecular formula is C19H33NO3SSn. The molecule has 0 bridgehead atoms. The van der Waals surface area contributed by atoms with Crippen LogP contribution >= 0.6 is 0 Å². The maximum absolute atomic E-state index is 13.0. The van der Waals surface area contributed by atoms with E-state index in [2.05, 4.69) is 20.8 Å². The Kier molecular flexibility index (Phi) is 10.9. The van der Waals surface area contributed by atoms with Gasteiger partial charge in [0.2, 0.25) is 0 Å². The zero-order valence-corrected chi connectivity index (χ0v) is 19.6. The zero-order valence-electron chi connectivity index (χ0n) is 16.0. The van der Waals surface area contributed by atoms with Crippen LogP contribution in [0.25, 0.3) is 0 Å². The van der Waals surface area contributed by atoms with Crippen molar-refractivity contribution in [2.45, 2.75) is 77.5 Å². The monoisotopic (exact) mass is 475 g/mol. The van der Waals surface area contributed by atoms with Gasteiger partial charge in [-0.15, -0.1) is 0 Å². The maximum atomic E-state index is 13.0. The number of benzene rings is 1. The van der Waals surface area contributed by atoms with Gasteiger partial charge in [-0.25, -0.2) is 0 Å². The Hall–Kier alpha value is -0.431. The van der Waals surface area contributed by atoms with Crippen molar-refractivity contribution < 1.29 is 9.13 Å². The molecule has 0 fully saturated rings. The number of nitro benzene ring substituents is 1. The quantitative estimate of drug-likeness (QED) is 0.198. The van der Waals surface area contributed by atoms with Gasteiger partial charge in [0, 0.05) is 0 Å². The summed E-state index contributed by atoms with van der Waals surface area (Å²) < 4.78 is 17.9. The SMILES string of the molecule is CCC[CH2][Sn]([CH2]CCC)([CH2]CCC)[CH2]S(=O)c1ccc([N+](=O)[O-])cc1. The minimum absolute atomic E-state index is 0.0680. The Morgan fingerprint density at radius 3 is 1.72 bits per heavy atom. The number of rotatable bonds is 13. The molecule has 0 heterocycles. The van der Waals surface area contributed by atoms with E-state index in [9.17, 15) is 14.3 Å². The molecule has 25 heavy (non-hydrogen) atoms. The van der Waals surface area contributed by atoms with Crippen molar-refractivity contribution in [1.82, 2.24) is 0 Å². The molecule has 0 amide bonds. The third-order valence-corrected chi connectivity index (χ3v) is 26.2. The van der Waals surface area contributed by atoms with Gasteiger partial charge in [0.1, 0.15) is 0 Å². The minimum atomic E-state index is -2.45. The van der Waals surface area contributed by atoms with Crippen molar-refractivity contribution >= 4 is 34.9 Å². The predicted octanol–water partition coefficient (Wildman–Crippen LogP) is 6.09. The molecule has 142 valence electrons. The van der Waals surface area contributed by atoms with Gasteiger partial charge in [-0.2, -0.15) is 0 Å². The molecule has 0 saturated carbocycles. The summed E-state index contributed by atoms with van der Waals surface area (Å²) in [7, 11) is -1.01. The van der Waals surface area contributed by atoms with E-state index in [4.69, 9.17) is 0 Å². The van der Waals surface area contributed by atoms with Crippen molar-refractivity contribution in [3.63, 3.8) is 0 Å². The average Bonchev–Trinajstić information content (AvgIpc) is 2.62. The predicted molar refractivity (Wildman–Crippen MR) is 109 cm³/mol. The molecular weight excluding hydrogens is 441 g/mol. The molecule has 0 aliphatic carbocycles. The van der Waals surface area contributed by atoms with E-state index in [-0.39, 0.29) is 5.69 Å². The van der Waals surface area contributed by atoms with Crippen LogP contribution in [0, 0.1) is 10.1 Å². The van der Waals surface area contributed by atoms with Crippen LogP contribution in [0.1, 0.15) is 59.3 Å². The molecule has 0 N–H and O–H groups in total. The van der Waals surface area contributed by atoms with Crippen LogP contribution in [-0.4, -0.2) is 31.3 Å². The van der Waals surface area contributed by atoms with E-state index in [0.717, 1.165) is 8.66 Å². The van der Waals surface area contributed by atoms with Crippen molar-refractivity contribution in [3.8, 4) is 0 Å². The van der Waals surface area contributed by atoms with Gasteiger partial charge in [-0.05, 0) is 0 Å². The molecule has 1 aromatic rings. The molecule has 1 unspecified atom stereocenters. The van der Waals surface area contributed by atoms with Crippen LogP contribution < -0.4 is 0 Å². The molecule has 0 saturated heterocycles. The van der Waals surface area contributed by atoms with E-state index in [0.29, 0.717) is 0 Å². The van der Waals surface area contributed by atoms with Crippen LogP contribution in [-0.2, 0) is 10.8 Å². The molecule has 1 atom stereocenters. The van der Waals surface area contributed by atoms with Crippen molar-refractivity contribution in [2.75, 3.05) is 3.77 Å². The van der Waals surface area contributed by atoms with E-state index in [1.165, 1.54) is 64.0 Å². The number of unbranched alkanes of at least 4 members (excludes halogenated alkanes) is 3. The van der Waals surface area contributed by atoms with Crippen LogP contribution in [0.2, 0.25) is 13.3 Å². The molecule has 1 rings (SSSR count). The van der Waals surface area contributed by atoms with Gasteiger partial charge in [0.05, 0.1) is 0 Å². The van der Waals surface area contributed by atoms with Crippen LogP contribution in [0.5, 0.6) is 0 Å². The summed E-state index contributed by atoms with van der Waals surface area (Å²) in [6.07, 6.45) is 7.42. The second-order valence-electron chi connectivity index (χ2n) is 7.05. The second-order valence-corrected chi connectivity index (χ2v) is 23.8. The third-order valence-electron chi connectivity index (χ3n) is 4.93. The first-order valence-corrected chi connectivity index (χ1v) is 19.0. The van der Waals surface area contributed by atoms with Gasteiger partial charge < -0.3 is 0 Å². The summed E-state index contributed by atoms with van der Waals surface area (Å²) in [5.41, 5.74) is 0.0680. The molecule has 0 radical (unpaired) electrons. The Bertz CT molecular complexity index is 526. The second kappa shape index (κ2) is 12.0. The summed E-state index contributed by atoms with van der Waals surface area (Å²) in [6, 6.07) is 6.33. The van der Waals surface area contributed by atoms with Crippen molar-refractivity contribution in [1.29, 1.82) is 0 Å². The van der Waals surface area contributed by atoms with Crippen LogP contribution in [0.15, 0.2) is 29.2 Å². The van der Waals surface area contributed by atoms with E-state index >= 15 is 0 Å². The summed E-state index contributed by atoms with van der Waals surface area (Å²) >= 11 is -2.45. The molecule has 0 aromatic heterocycles. The summed E-state index contributed by atoms with van der Waals surface area (Å²) in [4.78, 5) is 11.2. The number of hydrogen-bond donors (Lipinski definition) is 0. The summed E-state index contributed by atoms with van der Waals surface area (Å²) in [5, 5.41) is 10.8. The van der Waals surface area contributed by atoms with E-state index in [1.807, 2.05) is 0 Å². The van der Waals surface area contributed by atoms with Gasteiger partial charge in [-0.3, -0.25) is 0 Å². The number of hydrogen-bond acceptors (Lipinski definition) is 3.